The summed E-state index contributed by atoms with van der Waals surface area (Å²) in [6, 6.07) is 73.9. The molecule has 0 saturated carbocycles. The molecule has 6 heteroatoms. The van der Waals surface area contributed by atoms with Crippen LogP contribution >= 0.6 is 0 Å². The van der Waals surface area contributed by atoms with Crippen LogP contribution in [-0.2, 0) is 42.7 Å². The third-order valence-electron chi connectivity index (χ3n) is 16.9. The Morgan fingerprint density at radius 1 is 0.494 bits per heavy atom. The Morgan fingerprint density at radius 3 is 1.59 bits per heavy atom. The number of rotatable bonds is 14. The van der Waals surface area contributed by atoms with E-state index in [1.165, 1.54) is 50.1 Å². The fraction of sp³-hybridized carbons (Fsp3) is 0.253. The zero-order chi connectivity index (χ0) is 56.3. The summed E-state index contributed by atoms with van der Waals surface area (Å²) in [4.78, 5) is 9.50. The van der Waals surface area contributed by atoms with Crippen molar-refractivity contribution in [2.45, 2.75) is 124 Å². The Balaban J connectivity index is 0.00000736. The van der Waals surface area contributed by atoms with E-state index in [9.17, 15) is 0 Å². The molecule has 0 radical (unpaired) electrons. The van der Waals surface area contributed by atoms with Crippen molar-refractivity contribution in [3.8, 4) is 28.4 Å². The van der Waals surface area contributed by atoms with Gasteiger partial charge in [-0.25, -0.2) is 4.98 Å². The van der Waals surface area contributed by atoms with Gasteiger partial charge in [-0.15, -0.1) is 53.8 Å². The molecule has 11 rings (SSSR count). The van der Waals surface area contributed by atoms with E-state index in [0.717, 1.165) is 50.1 Å². The van der Waals surface area contributed by atoms with Gasteiger partial charge in [0.1, 0.15) is 5.82 Å². The quantitative estimate of drug-likeness (QED) is 0.102. The number of nitrogens with zero attached hydrogens (tertiary/aromatic N) is 4. The van der Waals surface area contributed by atoms with Crippen LogP contribution in [0.3, 0.4) is 0 Å². The third kappa shape index (κ3) is 10.8. The van der Waals surface area contributed by atoms with E-state index in [0.29, 0.717) is 11.5 Å². The maximum atomic E-state index is 7.36. The molecule has 414 valence electrons. The molecule has 0 aliphatic carbocycles. The molecule has 81 heavy (non-hydrogen) atoms. The average molecular weight is 1240 g/mol. The van der Waals surface area contributed by atoms with Crippen molar-refractivity contribution in [2.75, 3.05) is 9.80 Å². The number of ether oxygens (including phenoxy) is 1. The van der Waals surface area contributed by atoms with Crippen LogP contribution in [0.2, 0.25) is 0 Å². The van der Waals surface area contributed by atoms with Crippen LogP contribution in [0.25, 0.3) is 38.8 Å². The molecule has 0 N–H and O–H groups in total. The standard InChI is InChI=1S/C75H75N4O.Pt/c1-50(2)63-33-25-34-64(51(3)4)70(63)52-40-59(77-38-39-78(49-77)60-43-57(73(8,9)53-26-17-14-18-27-53)42-58(44-60)74(10,11)54-28-19-15-20-29-54)46-61(41-52)80-62-47-66(75(12,13)55-30-21-16-22-31-55)71-65-32-23-24-35-67(65)79(68(71)48-62)69-45-56(36-37-76-69)72(5,6)7;/h14-45,47,49-51H,1-13H3;/q-3;. The Bertz CT molecular complexity index is 3820. The van der Waals surface area contributed by atoms with Crippen LogP contribution in [0, 0.1) is 18.8 Å². The van der Waals surface area contributed by atoms with Crippen molar-refractivity contribution >= 4 is 33.2 Å². The molecule has 0 amide bonds. The first kappa shape index (κ1) is 56.8. The Labute approximate surface area is 496 Å². The smallest absolute Gasteiger partial charge is 0.135 e. The maximum Gasteiger partial charge on any atom is 0.135 e. The predicted molar refractivity (Wildman–Crippen MR) is 336 cm³/mol. The molecule has 0 atom stereocenters. The SMILES string of the molecule is CC(C)c1cccc(C(C)C)c1-c1cc(Oc2[c-]c3c(c(C(C)(C)c4ccccc4)c2)c2ccccc2n3-c2cc(C(C)(C)C)ccn2)[c-]c(N2C=CN(c3cc(C(C)(C)c4ccccc4)cc(C(C)(C)c4ccccc4)c3)[CH-]2)c1.[Pt]. The minimum Gasteiger partial charge on any atom is -0.509 e. The minimum absolute atomic E-state index is 0. The minimum atomic E-state index is -0.440. The number of aromatic nitrogens is 2. The number of para-hydroxylation sites is 1. The van der Waals surface area contributed by atoms with Crippen molar-refractivity contribution in [2.24, 2.45) is 0 Å². The summed E-state index contributed by atoms with van der Waals surface area (Å²) in [5.41, 5.74) is 16.3. The number of fused-ring (bicyclic) bond motifs is 3. The molecule has 0 unspecified atom stereocenters. The molecule has 0 bridgehead atoms. The summed E-state index contributed by atoms with van der Waals surface area (Å²) in [6.45, 7) is 32.1. The van der Waals surface area contributed by atoms with Crippen molar-refractivity contribution in [3.63, 3.8) is 0 Å². The van der Waals surface area contributed by atoms with E-state index >= 15 is 0 Å². The predicted octanol–water partition coefficient (Wildman–Crippen LogP) is 19.7. The van der Waals surface area contributed by atoms with Crippen molar-refractivity contribution in [3.05, 3.63) is 269 Å². The Morgan fingerprint density at radius 2 is 1.02 bits per heavy atom. The molecule has 1 aliphatic rings. The van der Waals surface area contributed by atoms with E-state index in [-0.39, 0.29) is 49.1 Å². The van der Waals surface area contributed by atoms with Crippen molar-refractivity contribution in [1.29, 1.82) is 0 Å². The largest absolute Gasteiger partial charge is 0.509 e. The van der Waals surface area contributed by atoms with Gasteiger partial charge in [0.15, 0.2) is 0 Å². The molecule has 2 aromatic heterocycles. The third-order valence-corrected chi connectivity index (χ3v) is 16.9. The number of benzene rings is 8. The second-order valence-corrected chi connectivity index (χ2v) is 25.1. The van der Waals surface area contributed by atoms with Gasteiger partial charge in [0.05, 0.1) is 0 Å². The molecule has 10 aromatic rings. The number of pyridine rings is 1. The zero-order valence-corrected chi connectivity index (χ0v) is 51.6. The van der Waals surface area contributed by atoms with E-state index in [1.54, 1.807) is 0 Å². The Hall–Kier alpha value is -7.46. The first-order valence-corrected chi connectivity index (χ1v) is 28.5. The summed E-state index contributed by atoms with van der Waals surface area (Å²) in [6.07, 6.45) is 6.24. The molecule has 5 nitrogen and oxygen atoms in total. The first-order valence-electron chi connectivity index (χ1n) is 28.5. The van der Waals surface area contributed by atoms with E-state index < -0.39 is 5.41 Å². The fourth-order valence-corrected chi connectivity index (χ4v) is 11.8. The van der Waals surface area contributed by atoms with Crippen LogP contribution in [-0.4, -0.2) is 9.55 Å². The molecule has 1 aliphatic heterocycles. The van der Waals surface area contributed by atoms with Gasteiger partial charge in [0.25, 0.3) is 0 Å². The number of anilines is 2. The number of hydrogen-bond acceptors (Lipinski definition) is 4. The summed E-state index contributed by atoms with van der Waals surface area (Å²) in [5, 5.41) is 2.26. The van der Waals surface area contributed by atoms with Gasteiger partial charge >= 0.3 is 0 Å². The zero-order valence-electron chi connectivity index (χ0n) is 49.3. The Kier molecular flexibility index (Phi) is 15.5. The van der Waals surface area contributed by atoms with Gasteiger partial charge in [0, 0.05) is 60.8 Å². The van der Waals surface area contributed by atoms with Crippen LogP contribution in [0.15, 0.2) is 201 Å². The molecule has 0 fully saturated rings. The van der Waals surface area contributed by atoms with Gasteiger partial charge in [-0.2, -0.15) is 0 Å². The van der Waals surface area contributed by atoms with Crippen LogP contribution in [0.5, 0.6) is 11.5 Å². The fourth-order valence-electron chi connectivity index (χ4n) is 11.8. The molecular formula is C75H75N4OPt-3. The van der Waals surface area contributed by atoms with Crippen LogP contribution < -0.4 is 14.5 Å². The van der Waals surface area contributed by atoms with Gasteiger partial charge in [-0.05, 0) is 121 Å². The van der Waals surface area contributed by atoms with Crippen LogP contribution in [0.1, 0.15) is 152 Å². The van der Waals surface area contributed by atoms with Gasteiger partial charge < -0.3 is 19.1 Å². The molecule has 8 aromatic carbocycles. The van der Waals surface area contributed by atoms with Gasteiger partial charge in [-0.1, -0.05) is 234 Å². The first-order chi connectivity index (χ1) is 38.2. The molecule has 0 saturated heterocycles. The second kappa shape index (κ2) is 22.1. The van der Waals surface area contributed by atoms with Gasteiger partial charge in [-0.3, -0.25) is 0 Å². The summed E-state index contributed by atoms with van der Waals surface area (Å²) < 4.78 is 9.64. The molecule has 3 heterocycles. The number of hydrogen-bond donors (Lipinski definition) is 0. The van der Waals surface area contributed by atoms with Crippen LogP contribution in [0.4, 0.5) is 11.4 Å². The topological polar surface area (TPSA) is 33.5 Å². The normalized spacial score (nSPS) is 13.2. The summed E-state index contributed by atoms with van der Waals surface area (Å²) in [5.74, 6) is 2.60. The average Bonchev–Trinajstić information content (AvgIpc) is 2.92. The monoisotopic (exact) mass is 1240 g/mol. The van der Waals surface area contributed by atoms with Crippen molar-refractivity contribution < 1.29 is 25.8 Å². The maximum absolute atomic E-state index is 7.36. The van der Waals surface area contributed by atoms with Gasteiger partial charge in [0.2, 0.25) is 0 Å². The van der Waals surface area contributed by atoms with E-state index in [2.05, 4.69) is 318 Å². The van der Waals surface area contributed by atoms with E-state index in [4.69, 9.17) is 9.72 Å². The van der Waals surface area contributed by atoms with Crippen molar-refractivity contribution in [1.82, 2.24) is 9.55 Å². The molecular weight excluding hydrogens is 1170 g/mol. The summed E-state index contributed by atoms with van der Waals surface area (Å²) >= 11 is 0. The summed E-state index contributed by atoms with van der Waals surface area (Å²) in [7, 11) is 0. The molecule has 0 spiro atoms. The second-order valence-electron chi connectivity index (χ2n) is 25.1. The van der Waals surface area contributed by atoms with E-state index in [1.807, 2.05) is 6.20 Å².